The highest BCUT2D eigenvalue weighted by atomic mass is 32.1. The van der Waals surface area contributed by atoms with E-state index < -0.39 is 0 Å². The summed E-state index contributed by atoms with van der Waals surface area (Å²) < 4.78 is 4.82. The summed E-state index contributed by atoms with van der Waals surface area (Å²) in [5.74, 6) is 1.91. The summed E-state index contributed by atoms with van der Waals surface area (Å²) in [6.07, 6.45) is 0. The number of hydrogen-bond donors (Lipinski definition) is 0. The van der Waals surface area contributed by atoms with Crippen LogP contribution in [0.15, 0.2) is 218 Å². The van der Waals surface area contributed by atoms with E-state index in [0.717, 1.165) is 43.8 Å². The van der Waals surface area contributed by atoms with Gasteiger partial charge in [0.1, 0.15) is 0 Å². The molecule has 0 aliphatic heterocycles. The first kappa shape index (κ1) is 37.0. The van der Waals surface area contributed by atoms with Crippen molar-refractivity contribution in [3.63, 3.8) is 0 Å². The fourth-order valence-corrected chi connectivity index (χ4v) is 11.1. The smallest absolute Gasteiger partial charge is 0.164 e. The van der Waals surface area contributed by atoms with Gasteiger partial charge in [-0.2, -0.15) is 0 Å². The number of anilines is 3. The van der Waals surface area contributed by atoms with Crippen molar-refractivity contribution >= 4 is 80.1 Å². The van der Waals surface area contributed by atoms with Crippen molar-refractivity contribution < 1.29 is 0 Å². The molecule has 296 valence electrons. The standard InChI is InChI=1S/C57H36N4S2/c1-4-15-37(16-5-1)39-27-31-42(32-28-39)61(43-33-29-40(30-34-43)38-17-6-2-7-18-38)44-35-48(54-46-22-11-13-25-50(46)63-52(54)36-44)57-59-55(41-19-8-3-9-20-41)58-56(60-57)47-23-14-26-51-53(47)45-21-10-12-24-49(45)62-51/h1-36H. The second-order valence-electron chi connectivity index (χ2n) is 15.6. The van der Waals surface area contributed by atoms with Crippen molar-refractivity contribution in [2.24, 2.45) is 0 Å². The largest absolute Gasteiger partial charge is 0.310 e. The van der Waals surface area contributed by atoms with Crippen molar-refractivity contribution in [3.8, 4) is 56.4 Å². The Labute approximate surface area is 372 Å². The van der Waals surface area contributed by atoms with E-state index in [2.05, 4.69) is 205 Å². The molecule has 6 heteroatoms. The van der Waals surface area contributed by atoms with Crippen molar-refractivity contribution in [2.75, 3.05) is 4.90 Å². The minimum atomic E-state index is 0.629. The molecule has 0 spiro atoms. The molecular formula is C57H36N4S2. The molecule has 0 saturated heterocycles. The minimum Gasteiger partial charge on any atom is -0.310 e. The number of fused-ring (bicyclic) bond motifs is 6. The molecule has 3 heterocycles. The third-order valence-corrected chi connectivity index (χ3v) is 14.0. The van der Waals surface area contributed by atoms with Gasteiger partial charge in [-0.25, -0.2) is 15.0 Å². The molecular weight excluding hydrogens is 805 g/mol. The highest BCUT2D eigenvalue weighted by Gasteiger charge is 2.23. The maximum absolute atomic E-state index is 5.48. The number of nitrogens with zero attached hydrogens (tertiary/aromatic N) is 4. The first-order chi connectivity index (χ1) is 31.2. The topological polar surface area (TPSA) is 41.9 Å². The van der Waals surface area contributed by atoms with Crippen molar-refractivity contribution in [1.29, 1.82) is 0 Å². The molecule has 0 N–H and O–H groups in total. The average Bonchev–Trinajstić information content (AvgIpc) is 3.94. The van der Waals surface area contributed by atoms with Crippen LogP contribution >= 0.6 is 22.7 Å². The Hall–Kier alpha value is -7.77. The zero-order valence-electron chi connectivity index (χ0n) is 33.9. The van der Waals surface area contributed by atoms with E-state index in [0.29, 0.717) is 17.5 Å². The molecule has 0 fully saturated rings. The Morgan fingerprint density at radius 2 is 0.714 bits per heavy atom. The van der Waals surface area contributed by atoms with Gasteiger partial charge < -0.3 is 4.90 Å². The van der Waals surface area contributed by atoms with E-state index in [-0.39, 0.29) is 0 Å². The fraction of sp³-hybridized carbons (Fsp3) is 0. The van der Waals surface area contributed by atoms with Crippen LogP contribution in [0.1, 0.15) is 0 Å². The Morgan fingerprint density at radius 3 is 1.29 bits per heavy atom. The van der Waals surface area contributed by atoms with Crippen LogP contribution in [0.3, 0.4) is 0 Å². The molecule has 12 rings (SSSR count). The van der Waals surface area contributed by atoms with E-state index in [1.807, 2.05) is 18.2 Å². The van der Waals surface area contributed by atoms with E-state index in [1.54, 1.807) is 22.7 Å². The lowest BCUT2D eigenvalue weighted by atomic mass is 10.0. The molecule has 0 bridgehead atoms. The van der Waals surface area contributed by atoms with Gasteiger partial charge >= 0.3 is 0 Å². The molecule has 0 atom stereocenters. The lowest BCUT2D eigenvalue weighted by Crippen LogP contribution is -2.10. The molecule has 0 radical (unpaired) electrons. The predicted octanol–water partition coefficient (Wildman–Crippen LogP) is 16.4. The van der Waals surface area contributed by atoms with E-state index in [4.69, 9.17) is 15.0 Å². The molecule has 3 aromatic heterocycles. The van der Waals surface area contributed by atoms with E-state index in [1.165, 1.54) is 52.5 Å². The Morgan fingerprint density at radius 1 is 0.286 bits per heavy atom. The SMILES string of the molecule is c1ccc(-c2ccc(N(c3ccc(-c4ccccc4)cc3)c3cc(-c4nc(-c5ccccc5)nc(-c5cccc6sc7ccccc7c56)n4)c4c(c3)sc3ccccc34)cc2)cc1. The van der Waals surface area contributed by atoms with Crippen LogP contribution in [0.4, 0.5) is 17.1 Å². The highest BCUT2D eigenvalue weighted by Crippen LogP contribution is 2.46. The van der Waals surface area contributed by atoms with Crippen molar-refractivity contribution in [1.82, 2.24) is 15.0 Å². The van der Waals surface area contributed by atoms with E-state index in [9.17, 15) is 0 Å². The molecule has 0 saturated carbocycles. The van der Waals surface area contributed by atoms with Gasteiger partial charge in [0.15, 0.2) is 17.5 Å². The summed E-state index contributed by atoms with van der Waals surface area (Å²) in [6.45, 7) is 0. The normalized spacial score (nSPS) is 11.5. The van der Waals surface area contributed by atoms with Gasteiger partial charge in [0.05, 0.1) is 0 Å². The summed E-state index contributed by atoms with van der Waals surface area (Å²) >= 11 is 3.60. The fourth-order valence-electron chi connectivity index (χ4n) is 8.75. The molecule has 4 nitrogen and oxygen atoms in total. The Kier molecular flexibility index (Phi) is 9.17. The van der Waals surface area contributed by atoms with Crippen molar-refractivity contribution in [3.05, 3.63) is 218 Å². The number of benzene rings is 9. The summed E-state index contributed by atoms with van der Waals surface area (Å²) in [6, 6.07) is 77.5. The monoisotopic (exact) mass is 840 g/mol. The number of hydrogen-bond acceptors (Lipinski definition) is 6. The third-order valence-electron chi connectivity index (χ3n) is 11.7. The van der Waals surface area contributed by atoms with Gasteiger partial charge in [-0.3, -0.25) is 0 Å². The van der Waals surface area contributed by atoms with Crippen LogP contribution < -0.4 is 4.90 Å². The molecule has 0 aliphatic rings. The van der Waals surface area contributed by atoms with Crippen LogP contribution in [0.2, 0.25) is 0 Å². The zero-order valence-corrected chi connectivity index (χ0v) is 35.5. The lowest BCUT2D eigenvalue weighted by molar-refractivity contribution is 1.08. The average molecular weight is 841 g/mol. The quantitative estimate of drug-likeness (QED) is 0.153. The third kappa shape index (κ3) is 6.73. The van der Waals surface area contributed by atoms with Gasteiger partial charge in [-0.15, -0.1) is 22.7 Å². The van der Waals surface area contributed by atoms with Crippen LogP contribution in [-0.2, 0) is 0 Å². The molecule has 0 aliphatic carbocycles. The van der Waals surface area contributed by atoms with Gasteiger partial charge in [0, 0.05) is 74.1 Å². The van der Waals surface area contributed by atoms with Gasteiger partial charge in [-0.1, -0.05) is 164 Å². The summed E-state index contributed by atoms with van der Waals surface area (Å²) in [7, 11) is 0. The van der Waals surface area contributed by atoms with Gasteiger partial charge in [0.25, 0.3) is 0 Å². The second-order valence-corrected chi connectivity index (χ2v) is 17.7. The molecule has 0 amide bonds. The first-order valence-electron chi connectivity index (χ1n) is 21.0. The number of rotatable bonds is 8. The van der Waals surface area contributed by atoms with Crippen LogP contribution in [0.25, 0.3) is 96.8 Å². The van der Waals surface area contributed by atoms with Gasteiger partial charge in [0.2, 0.25) is 0 Å². The summed E-state index contributed by atoms with van der Waals surface area (Å²) in [5.41, 5.74) is 10.7. The minimum absolute atomic E-state index is 0.629. The van der Waals surface area contributed by atoms with E-state index >= 15 is 0 Å². The Balaban J connectivity index is 1.11. The maximum Gasteiger partial charge on any atom is 0.164 e. The lowest BCUT2D eigenvalue weighted by Gasteiger charge is -2.27. The molecule has 12 aromatic rings. The molecule has 63 heavy (non-hydrogen) atoms. The Bertz CT molecular complexity index is 3520. The summed E-state index contributed by atoms with van der Waals surface area (Å²) in [5, 5.41) is 4.68. The zero-order chi connectivity index (χ0) is 41.7. The number of thiophene rings is 2. The second kappa shape index (κ2) is 15.6. The predicted molar refractivity (Wildman–Crippen MR) is 267 cm³/mol. The van der Waals surface area contributed by atoms with Crippen LogP contribution in [0.5, 0.6) is 0 Å². The van der Waals surface area contributed by atoms with Crippen LogP contribution in [0, 0.1) is 0 Å². The highest BCUT2D eigenvalue weighted by molar-refractivity contribution is 7.26. The summed E-state index contributed by atoms with van der Waals surface area (Å²) in [4.78, 5) is 18.5. The number of aromatic nitrogens is 3. The first-order valence-corrected chi connectivity index (χ1v) is 22.6. The molecule has 9 aromatic carbocycles. The van der Waals surface area contributed by atoms with Gasteiger partial charge in [-0.05, 0) is 76.9 Å². The molecule has 0 unspecified atom stereocenters. The van der Waals surface area contributed by atoms with Crippen LogP contribution in [-0.4, -0.2) is 15.0 Å². The maximum atomic E-state index is 5.48. The van der Waals surface area contributed by atoms with Crippen molar-refractivity contribution in [2.45, 2.75) is 0 Å².